The van der Waals surface area contributed by atoms with E-state index in [9.17, 15) is 0 Å². The smallest absolute Gasteiger partial charge is 0.00103 e. The van der Waals surface area contributed by atoms with Gasteiger partial charge in [0.15, 0.2) is 0 Å². The Morgan fingerprint density at radius 1 is 0.867 bits per heavy atom. The van der Waals surface area contributed by atoms with Crippen molar-refractivity contribution in [3.63, 3.8) is 0 Å². The Morgan fingerprint density at radius 3 is 2.07 bits per heavy atom. The predicted molar refractivity (Wildman–Crippen MR) is 69.1 cm³/mol. The van der Waals surface area contributed by atoms with E-state index in [1.165, 1.54) is 45.2 Å². The van der Waals surface area contributed by atoms with E-state index in [2.05, 4.69) is 31.4 Å². The first kappa shape index (κ1) is 14.9. The predicted octanol–water partition coefficient (Wildman–Crippen LogP) is 2.75. The Bertz CT molecular complexity index is 113. The maximum atomic E-state index is 3.84. The zero-order valence-corrected chi connectivity index (χ0v) is 10.6. The van der Waals surface area contributed by atoms with Crippen LogP contribution in [-0.2, 0) is 0 Å². The summed E-state index contributed by atoms with van der Waals surface area (Å²) in [5.74, 6) is 0. The van der Waals surface area contributed by atoms with Crippen molar-refractivity contribution < 1.29 is 0 Å². The van der Waals surface area contributed by atoms with Crippen LogP contribution >= 0.6 is 0 Å². The summed E-state index contributed by atoms with van der Waals surface area (Å²) in [5.41, 5.74) is 0. The normalized spacial score (nSPS) is 11.2. The summed E-state index contributed by atoms with van der Waals surface area (Å²) in [5, 5.41) is 6.91. The van der Waals surface area contributed by atoms with Crippen LogP contribution in [0.1, 0.15) is 52.4 Å². The number of hydrogen-bond donors (Lipinski definition) is 2. The molecule has 0 aromatic carbocycles. The molecule has 0 aliphatic heterocycles. The molecular formula is C13H29N2. The summed E-state index contributed by atoms with van der Waals surface area (Å²) in [6.07, 6.45) is 7.56. The Morgan fingerprint density at radius 2 is 1.47 bits per heavy atom. The third kappa shape index (κ3) is 13.9. The molecule has 0 unspecified atom stereocenters. The number of rotatable bonds is 11. The van der Waals surface area contributed by atoms with Crippen LogP contribution in [0.2, 0.25) is 0 Å². The number of hydrogen-bond acceptors (Lipinski definition) is 2. The van der Waals surface area contributed by atoms with Crippen molar-refractivity contribution in [1.29, 1.82) is 0 Å². The summed E-state index contributed by atoms with van der Waals surface area (Å²) in [6.45, 7) is 11.7. The van der Waals surface area contributed by atoms with E-state index in [-0.39, 0.29) is 0 Å². The van der Waals surface area contributed by atoms with E-state index in [0.717, 1.165) is 13.0 Å². The summed E-state index contributed by atoms with van der Waals surface area (Å²) in [6, 6.07) is 0.626. The lowest BCUT2D eigenvalue weighted by Gasteiger charge is -2.08. The van der Waals surface area contributed by atoms with E-state index >= 15 is 0 Å². The Balaban J connectivity index is 2.87. The lowest BCUT2D eigenvalue weighted by atomic mass is 10.2. The SMILES string of the molecule is [CH2]CCCCCNCCCCNC(C)C. The zero-order chi connectivity index (χ0) is 11.4. The first-order valence-corrected chi connectivity index (χ1v) is 6.50. The molecule has 0 amide bonds. The molecule has 0 aliphatic carbocycles. The molecule has 0 saturated carbocycles. The van der Waals surface area contributed by atoms with Crippen LogP contribution in [0, 0.1) is 6.92 Å². The molecule has 2 nitrogen and oxygen atoms in total. The van der Waals surface area contributed by atoms with Gasteiger partial charge in [-0.3, -0.25) is 0 Å². The highest BCUT2D eigenvalue weighted by Gasteiger charge is 1.92. The summed E-state index contributed by atoms with van der Waals surface area (Å²) < 4.78 is 0. The lowest BCUT2D eigenvalue weighted by Crippen LogP contribution is -2.24. The standard InChI is InChI=1S/C13H29N2/c1-4-5-6-7-10-14-11-8-9-12-15-13(2)3/h13-15H,1,4-12H2,2-3H3. The van der Waals surface area contributed by atoms with Gasteiger partial charge in [0.2, 0.25) is 0 Å². The summed E-state index contributed by atoms with van der Waals surface area (Å²) >= 11 is 0. The first-order chi connectivity index (χ1) is 7.27. The fourth-order valence-corrected chi connectivity index (χ4v) is 1.49. The Kier molecular flexibility index (Phi) is 11.9. The Labute approximate surface area is 96.2 Å². The molecule has 2 heteroatoms. The molecule has 0 saturated heterocycles. The molecule has 0 bridgehead atoms. The highest BCUT2D eigenvalue weighted by Crippen LogP contribution is 1.96. The van der Waals surface area contributed by atoms with E-state index < -0.39 is 0 Å². The molecular weight excluding hydrogens is 184 g/mol. The van der Waals surface area contributed by atoms with Crippen molar-refractivity contribution in [2.75, 3.05) is 19.6 Å². The van der Waals surface area contributed by atoms with Gasteiger partial charge < -0.3 is 10.6 Å². The molecule has 0 aliphatic rings. The molecule has 0 heterocycles. The van der Waals surface area contributed by atoms with Gasteiger partial charge in [0, 0.05) is 6.04 Å². The second-order valence-corrected chi connectivity index (χ2v) is 4.48. The highest BCUT2D eigenvalue weighted by molar-refractivity contribution is 4.55. The minimum Gasteiger partial charge on any atom is -0.317 e. The van der Waals surface area contributed by atoms with Crippen molar-refractivity contribution >= 4 is 0 Å². The molecule has 2 N–H and O–H groups in total. The third-order valence-corrected chi connectivity index (χ3v) is 2.44. The van der Waals surface area contributed by atoms with E-state index in [1.54, 1.807) is 0 Å². The first-order valence-electron chi connectivity index (χ1n) is 6.50. The van der Waals surface area contributed by atoms with Crippen LogP contribution < -0.4 is 10.6 Å². The highest BCUT2D eigenvalue weighted by atomic mass is 14.9. The molecule has 0 aromatic heterocycles. The second kappa shape index (κ2) is 12.0. The van der Waals surface area contributed by atoms with Crippen molar-refractivity contribution in [3.05, 3.63) is 6.92 Å². The van der Waals surface area contributed by atoms with E-state index in [4.69, 9.17) is 0 Å². The minimum absolute atomic E-state index is 0.626. The maximum absolute atomic E-state index is 3.84. The van der Waals surface area contributed by atoms with Crippen LogP contribution in [0.15, 0.2) is 0 Å². The second-order valence-electron chi connectivity index (χ2n) is 4.48. The topological polar surface area (TPSA) is 24.1 Å². The van der Waals surface area contributed by atoms with E-state index in [1.807, 2.05) is 0 Å². The summed E-state index contributed by atoms with van der Waals surface area (Å²) in [4.78, 5) is 0. The van der Waals surface area contributed by atoms with Crippen LogP contribution in [0.5, 0.6) is 0 Å². The van der Waals surface area contributed by atoms with Gasteiger partial charge in [-0.1, -0.05) is 40.0 Å². The monoisotopic (exact) mass is 213 g/mol. The van der Waals surface area contributed by atoms with Crippen molar-refractivity contribution in [1.82, 2.24) is 10.6 Å². The fraction of sp³-hybridized carbons (Fsp3) is 0.923. The van der Waals surface area contributed by atoms with Crippen LogP contribution in [0.4, 0.5) is 0 Å². The minimum atomic E-state index is 0.626. The molecule has 0 aromatic rings. The number of nitrogens with one attached hydrogen (secondary N) is 2. The summed E-state index contributed by atoms with van der Waals surface area (Å²) in [7, 11) is 0. The molecule has 1 radical (unpaired) electrons. The zero-order valence-electron chi connectivity index (χ0n) is 10.6. The van der Waals surface area contributed by atoms with Crippen LogP contribution in [0.25, 0.3) is 0 Å². The third-order valence-electron chi connectivity index (χ3n) is 2.44. The van der Waals surface area contributed by atoms with Crippen LogP contribution in [0.3, 0.4) is 0 Å². The molecule has 0 fully saturated rings. The van der Waals surface area contributed by atoms with Gasteiger partial charge in [-0.25, -0.2) is 0 Å². The van der Waals surface area contributed by atoms with Gasteiger partial charge in [0.05, 0.1) is 0 Å². The van der Waals surface area contributed by atoms with Gasteiger partial charge in [-0.05, 0) is 38.9 Å². The van der Waals surface area contributed by atoms with Gasteiger partial charge in [0.1, 0.15) is 0 Å². The quantitative estimate of drug-likeness (QED) is 0.516. The lowest BCUT2D eigenvalue weighted by molar-refractivity contribution is 0.533. The van der Waals surface area contributed by atoms with Gasteiger partial charge in [-0.15, -0.1) is 0 Å². The molecule has 15 heavy (non-hydrogen) atoms. The molecule has 91 valence electrons. The largest absolute Gasteiger partial charge is 0.317 e. The molecule has 0 rings (SSSR count). The van der Waals surface area contributed by atoms with Crippen molar-refractivity contribution in [2.45, 2.75) is 58.4 Å². The Hall–Kier alpha value is -0.0800. The van der Waals surface area contributed by atoms with Crippen molar-refractivity contribution in [2.24, 2.45) is 0 Å². The van der Waals surface area contributed by atoms with Gasteiger partial charge in [-0.2, -0.15) is 0 Å². The molecule has 0 atom stereocenters. The maximum Gasteiger partial charge on any atom is 0.00103 e. The van der Waals surface area contributed by atoms with Gasteiger partial charge in [0.25, 0.3) is 0 Å². The van der Waals surface area contributed by atoms with Crippen LogP contribution in [-0.4, -0.2) is 25.7 Å². The average Bonchev–Trinajstić information content (AvgIpc) is 2.20. The number of unbranched alkanes of at least 4 members (excludes halogenated alkanes) is 4. The van der Waals surface area contributed by atoms with Gasteiger partial charge >= 0.3 is 0 Å². The fourth-order valence-electron chi connectivity index (χ4n) is 1.49. The van der Waals surface area contributed by atoms with Crippen molar-refractivity contribution in [3.8, 4) is 0 Å². The average molecular weight is 213 g/mol. The van der Waals surface area contributed by atoms with E-state index in [0.29, 0.717) is 6.04 Å². The molecule has 0 spiro atoms.